The lowest BCUT2D eigenvalue weighted by molar-refractivity contribution is 0.112. The summed E-state index contributed by atoms with van der Waals surface area (Å²) in [5.41, 5.74) is 1.41. The van der Waals surface area contributed by atoms with Crippen LogP contribution in [0.1, 0.15) is 29.0 Å². The van der Waals surface area contributed by atoms with E-state index >= 15 is 0 Å². The van der Waals surface area contributed by atoms with E-state index in [2.05, 4.69) is 15.4 Å². The maximum atomic E-state index is 10.7. The van der Waals surface area contributed by atoms with Gasteiger partial charge in [-0.1, -0.05) is 0 Å². The number of nitrogens with zero attached hydrogens (tertiary/aromatic N) is 3. The van der Waals surface area contributed by atoms with Crippen molar-refractivity contribution in [3.8, 4) is 0 Å². The van der Waals surface area contributed by atoms with Crippen LogP contribution < -0.4 is 5.32 Å². The Labute approximate surface area is 98.9 Å². The summed E-state index contributed by atoms with van der Waals surface area (Å²) >= 11 is 0. The van der Waals surface area contributed by atoms with Gasteiger partial charge in [0.15, 0.2) is 17.8 Å². The number of pyridine rings is 1. The number of carbonyl (C=O) groups excluding carboxylic acids is 1. The molecule has 1 aliphatic heterocycles. The smallest absolute Gasteiger partial charge is 0.155 e. The van der Waals surface area contributed by atoms with Crippen LogP contribution in [0.15, 0.2) is 18.3 Å². The van der Waals surface area contributed by atoms with Gasteiger partial charge in [-0.3, -0.25) is 4.79 Å². The van der Waals surface area contributed by atoms with Crippen molar-refractivity contribution in [2.24, 2.45) is 0 Å². The fourth-order valence-electron chi connectivity index (χ4n) is 2.25. The molecule has 3 rings (SSSR count). The van der Waals surface area contributed by atoms with Crippen molar-refractivity contribution in [1.82, 2.24) is 19.9 Å². The molecule has 5 nitrogen and oxygen atoms in total. The summed E-state index contributed by atoms with van der Waals surface area (Å²) in [5.74, 6) is 0.840. The molecule has 1 aliphatic rings. The fourth-order valence-corrected chi connectivity index (χ4v) is 2.25. The highest BCUT2D eigenvalue weighted by Gasteiger charge is 2.16. The molecule has 17 heavy (non-hydrogen) atoms. The van der Waals surface area contributed by atoms with Gasteiger partial charge in [0, 0.05) is 24.2 Å². The first-order valence-corrected chi connectivity index (χ1v) is 5.89. The Bertz CT molecular complexity index is 542. The molecule has 1 N–H and O–H groups in total. The van der Waals surface area contributed by atoms with Gasteiger partial charge in [0.2, 0.25) is 0 Å². The number of carbonyl (C=O) groups is 1. The minimum atomic E-state index is 0.498. The molecule has 0 amide bonds. The molecule has 0 aromatic carbocycles. The molecule has 2 aromatic rings. The van der Waals surface area contributed by atoms with Crippen molar-refractivity contribution < 1.29 is 4.79 Å². The summed E-state index contributed by atoms with van der Waals surface area (Å²) in [6.45, 7) is 1.09. The Morgan fingerprint density at radius 3 is 3.24 bits per heavy atom. The highest BCUT2D eigenvalue weighted by atomic mass is 16.1. The van der Waals surface area contributed by atoms with Crippen molar-refractivity contribution in [2.75, 3.05) is 6.54 Å². The van der Waals surface area contributed by atoms with Gasteiger partial charge >= 0.3 is 0 Å². The van der Waals surface area contributed by atoms with Gasteiger partial charge in [0.25, 0.3) is 0 Å². The first-order chi connectivity index (χ1) is 8.35. The van der Waals surface area contributed by atoms with Crippen LogP contribution in [0.4, 0.5) is 0 Å². The van der Waals surface area contributed by atoms with Crippen molar-refractivity contribution in [3.05, 3.63) is 29.7 Å². The van der Waals surface area contributed by atoms with Crippen LogP contribution >= 0.6 is 0 Å². The highest BCUT2D eigenvalue weighted by Crippen LogP contribution is 2.11. The molecule has 3 heterocycles. The molecule has 0 radical (unpaired) electrons. The number of hydrogen-bond donors (Lipinski definition) is 1. The average Bonchev–Trinajstić information content (AvgIpc) is 2.96. The third-order valence-electron chi connectivity index (χ3n) is 3.13. The standard InChI is InChI=1S/C12H14N4O/c17-8-9-3-4-12-14-11(15-16(12)7-9)6-10-2-1-5-13-10/h3-4,7-8,10,13H,1-2,5-6H2. The summed E-state index contributed by atoms with van der Waals surface area (Å²) in [4.78, 5) is 15.1. The van der Waals surface area contributed by atoms with Crippen LogP contribution in [-0.2, 0) is 6.42 Å². The fraction of sp³-hybridized carbons (Fsp3) is 0.417. The first-order valence-electron chi connectivity index (χ1n) is 5.89. The molecule has 0 bridgehead atoms. The van der Waals surface area contributed by atoms with Crippen molar-refractivity contribution in [2.45, 2.75) is 25.3 Å². The van der Waals surface area contributed by atoms with E-state index in [9.17, 15) is 4.79 Å². The Kier molecular flexibility index (Phi) is 2.60. The summed E-state index contributed by atoms with van der Waals surface area (Å²) in [6, 6.07) is 4.08. The van der Waals surface area contributed by atoms with Gasteiger partial charge in [-0.15, -0.1) is 0 Å². The molecule has 1 unspecified atom stereocenters. The quantitative estimate of drug-likeness (QED) is 0.794. The summed E-state index contributed by atoms with van der Waals surface area (Å²) in [5, 5.41) is 7.82. The van der Waals surface area contributed by atoms with Crippen molar-refractivity contribution in [3.63, 3.8) is 0 Å². The molecular formula is C12H14N4O. The van der Waals surface area contributed by atoms with Gasteiger partial charge in [-0.25, -0.2) is 9.50 Å². The number of rotatable bonds is 3. The minimum Gasteiger partial charge on any atom is -0.314 e. The van der Waals surface area contributed by atoms with Crippen LogP contribution in [0.2, 0.25) is 0 Å². The lowest BCUT2D eigenvalue weighted by atomic mass is 10.1. The van der Waals surface area contributed by atoms with E-state index in [0.29, 0.717) is 11.6 Å². The Morgan fingerprint density at radius 1 is 1.53 bits per heavy atom. The molecule has 1 fully saturated rings. The van der Waals surface area contributed by atoms with E-state index in [4.69, 9.17) is 0 Å². The molecule has 1 atom stereocenters. The molecular weight excluding hydrogens is 216 g/mol. The topological polar surface area (TPSA) is 59.3 Å². The third kappa shape index (κ3) is 2.06. The summed E-state index contributed by atoms with van der Waals surface area (Å²) < 4.78 is 1.67. The van der Waals surface area contributed by atoms with Crippen molar-refractivity contribution >= 4 is 11.9 Å². The number of fused-ring (bicyclic) bond motifs is 1. The van der Waals surface area contributed by atoms with Crippen LogP contribution in [0.5, 0.6) is 0 Å². The van der Waals surface area contributed by atoms with E-state index in [1.54, 1.807) is 16.8 Å². The van der Waals surface area contributed by atoms with Crippen molar-refractivity contribution in [1.29, 1.82) is 0 Å². The maximum Gasteiger partial charge on any atom is 0.155 e. The first kappa shape index (κ1) is 10.4. The zero-order valence-electron chi connectivity index (χ0n) is 9.47. The predicted molar refractivity (Wildman–Crippen MR) is 63.1 cm³/mol. The average molecular weight is 230 g/mol. The highest BCUT2D eigenvalue weighted by molar-refractivity contribution is 5.74. The summed E-state index contributed by atoms with van der Waals surface area (Å²) in [6.07, 6.45) is 5.81. The number of nitrogens with one attached hydrogen (secondary N) is 1. The molecule has 2 aromatic heterocycles. The zero-order chi connectivity index (χ0) is 11.7. The van der Waals surface area contributed by atoms with E-state index < -0.39 is 0 Å². The van der Waals surface area contributed by atoms with E-state index in [0.717, 1.165) is 30.7 Å². The SMILES string of the molecule is O=Cc1ccc2nc(CC3CCCN3)nn2c1. The van der Waals surface area contributed by atoms with Gasteiger partial charge in [0.1, 0.15) is 0 Å². The van der Waals surface area contributed by atoms with Crippen LogP contribution in [0, 0.1) is 0 Å². The molecule has 88 valence electrons. The van der Waals surface area contributed by atoms with Crippen LogP contribution in [-0.4, -0.2) is 33.5 Å². The van der Waals surface area contributed by atoms with E-state index in [1.807, 2.05) is 6.07 Å². The molecule has 0 aliphatic carbocycles. The molecule has 0 spiro atoms. The Hall–Kier alpha value is -1.75. The summed E-state index contributed by atoms with van der Waals surface area (Å²) in [7, 11) is 0. The minimum absolute atomic E-state index is 0.498. The van der Waals surface area contributed by atoms with Crippen LogP contribution in [0.3, 0.4) is 0 Å². The predicted octanol–water partition coefficient (Wildman–Crippen LogP) is 0.836. The molecule has 5 heteroatoms. The van der Waals surface area contributed by atoms with E-state index in [-0.39, 0.29) is 0 Å². The molecule has 1 saturated heterocycles. The van der Waals surface area contributed by atoms with Gasteiger partial charge in [-0.05, 0) is 31.5 Å². The van der Waals surface area contributed by atoms with Crippen LogP contribution in [0.25, 0.3) is 5.65 Å². The molecule has 0 saturated carbocycles. The second-order valence-corrected chi connectivity index (χ2v) is 4.41. The second kappa shape index (κ2) is 4.25. The second-order valence-electron chi connectivity index (χ2n) is 4.41. The van der Waals surface area contributed by atoms with Gasteiger partial charge in [-0.2, -0.15) is 5.10 Å². The largest absolute Gasteiger partial charge is 0.314 e. The Morgan fingerprint density at radius 2 is 2.47 bits per heavy atom. The lowest BCUT2D eigenvalue weighted by Crippen LogP contribution is -2.24. The van der Waals surface area contributed by atoms with Gasteiger partial charge < -0.3 is 5.32 Å². The monoisotopic (exact) mass is 230 g/mol. The van der Waals surface area contributed by atoms with E-state index in [1.165, 1.54) is 12.8 Å². The number of aldehydes is 1. The van der Waals surface area contributed by atoms with Gasteiger partial charge in [0.05, 0.1) is 0 Å². The number of aromatic nitrogens is 3. The lowest BCUT2D eigenvalue weighted by Gasteiger charge is -2.05. The normalized spacial score (nSPS) is 19.9. The number of hydrogen-bond acceptors (Lipinski definition) is 4. The zero-order valence-corrected chi connectivity index (χ0v) is 9.47. The third-order valence-corrected chi connectivity index (χ3v) is 3.13. The Balaban J connectivity index is 1.87. The maximum absolute atomic E-state index is 10.7.